The van der Waals surface area contributed by atoms with Gasteiger partial charge in [-0.25, -0.2) is 0 Å². The molecule has 0 saturated carbocycles. The van der Waals surface area contributed by atoms with Crippen LogP contribution in [0.2, 0.25) is 10.0 Å². The smallest absolute Gasteiger partial charge is 0.272 e. The lowest BCUT2D eigenvalue weighted by atomic mass is 10.1. The van der Waals surface area contributed by atoms with Crippen LogP contribution in [0.15, 0.2) is 108 Å². The van der Waals surface area contributed by atoms with Crippen LogP contribution in [0.5, 0.6) is 0 Å². The van der Waals surface area contributed by atoms with Crippen LogP contribution in [-0.4, -0.2) is 23.5 Å². The van der Waals surface area contributed by atoms with Crippen molar-refractivity contribution in [1.29, 1.82) is 0 Å². The lowest BCUT2D eigenvalue weighted by Gasteiger charge is -2.13. The highest BCUT2D eigenvalue weighted by molar-refractivity contribution is 8.00. The number of rotatable bonds is 9. The molecule has 0 aromatic heterocycles. The van der Waals surface area contributed by atoms with Gasteiger partial charge in [-0.15, -0.1) is 11.8 Å². The first-order chi connectivity index (χ1) is 19.3. The van der Waals surface area contributed by atoms with E-state index >= 15 is 0 Å². The summed E-state index contributed by atoms with van der Waals surface area (Å²) in [6, 6.07) is 28.2. The monoisotopic (exact) mass is 589 g/mol. The molecule has 0 heterocycles. The topological polar surface area (TPSA) is 87.3 Å². The van der Waals surface area contributed by atoms with Crippen LogP contribution < -0.4 is 16.0 Å². The van der Waals surface area contributed by atoms with Gasteiger partial charge in [0.05, 0.1) is 15.8 Å². The second-order valence-electron chi connectivity index (χ2n) is 8.71. The van der Waals surface area contributed by atoms with E-state index in [1.807, 2.05) is 37.3 Å². The Balaban J connectivity index is 1.47. The average molecular weight is 591 g/mol. The highest BCUT2D eigenvalue weighted by atomic mass is 35.5. The Labute approximate surface area is 246 Å². The number of nitrogens with one attached hydrogen (secondary N) is 3. The minimum Gasteiger partial charge on any atom is -0.325 e. The summed E-state index contributed by atoms with van der Waals surface area (Å²) in [6.45, 7) is 1.98. The van der Waals surface area contributed by atoms with Crippen LogP contribution in [0.25, 0.3) is 6.08 Å². The maximum absolute atomic E-state index is 13.3. The Bertz CT molecular complexity index is 1560. The van der Waals surface area contributed by atoms with E-state index in [0.29, 0.717) is 21.8 Å². The number of amides is 3. The van der Waals surface area contributed by atoms with Crippen molar-refractivity contribution in [3.05, 3.63) is 129 Å². The molecular formula is C31H25Cl2N3O3S. The number of thioether (sulfide) groups is 1. The molecule has 0 aliphatic rings. The minimum absolute atomic E-state index is 0.0199. The normalized spacial score (nSPS) is 11.0. The van der Waals surface area contributed by atoms with Gasteiger partial charge in [0.15, 0.2) is 0 Å². The van der Waals surface area contributed by atoms with Crippen molar-refractivity contribution >= 4 is 70.1 Å². The van der Waals surface area contributed by atoms with Gasteiger partial charge in [0.25, 0.3) is 11.8 Å². The molecule has 40 heavy (non-hydrogen) atoms. The molecule has 0 aliphatic heterocycles. The second kappa shape index (κ2) is 13.8. The average Bonchev–Trinajstić information content (AvgIpc) is 2.96. The number of anilines is 2. The molecule has 3 N–H and O–H groups in total. The molecule has 0 atom stereocenters. The van der Waals surface area contributed by atoms with Crippen LogP contribution in [0.4, 0.5) is 11.4 Å². The molecule has 202 valence electrons. The summed E-state index contributed by atoms with van der Waals surface area (Å²) >= 11 is 13.8. The highest BCUT2D eigenvalue weighted by Gasteiger charge is 2.16. The van der Waals surface area contributed by atoms with Gasteiger partial charge in [-0.1, -0.05) is 77.3 Å². The first-order valence-electron chi connectivity index (χ1n) is 12.2. The Morgan fingerprint density at radius 3 is 2.27 bits per heavy atom. The zero-order valence-electron chi connectivity index (χ0n) is 21.4. The molecule has 9 heteroatoms. The first kappa shape index (κ1) is 29.0. The van der Waals surface area contributed by atoms with E-state index in [4.69, 9.17) is 23.2 Å². The summed E-state index contributed by atoms with van der Waals surface area (Å²) in [5.74, 6) is -0.962. The zero-order valence-corrected chi connectivity index (χ0v) is 23.7. The molecule has 4 rings (SSSR count). The summed E-state index contributed by atoms with van der Waals surface area (Å²) in [6.07, 6.45) is 1.47. The van der Waals surface area contributed by atoms with Crippen LogP contribution in [-0.2, 0) is 9.59 Å². The third-order valence-corrected chi connectivity index (χ3v) is 7.43. The summed E-state index contributed by atoms with van der Waals surface area (Å²) in [7, 11) is 0. The lowest BCUT2D eigenvalue weighted by Crippen LogP contribution is -2.30. The van der Waals surface area contributed by atoms with Crippen molar-refractivity contribution in [3.63, 3.8) is 0 Å². The molecule has 4 aromatic carbocycles. The SMILES string of the molecule is Cc1ccc(NC(=O)CSc2cccc(NC(=O)/C(=C\c3cccc(Cl)c3Cl)NC(=O)c3ccccc3)c2)cc1. The number of halogens is 2. The number of aryl methyl sites for hydroxylation is 1. The third-order valence-electron chi connectivity index (χ3n) is 5.61. The summed E-state index contributed by atoms with van der Waals surface area (Å²) in [5, 5.41) is 8.94. The Kier molecular flexibility index (Phi) is 10.0. The van der Waals surface area contributed by atoms with Crippen molar-refractivity contribution in [3.8, 4) is 0 Å². The molecule has 0 unspecified atom stereocenters. The Morgan fingerprint density at radius 2 is 1.52 bits per heavy atom. The van der Waals surface area contributed by atoms with Gasteiger partial charge in [0.2, 0.25) is 5.91 Å². The van der Waals surface area contributed by atoms with Crippen molar-refractivity contribution in [2.45, 2.75) is 11.8 Å². The van der Waals surface area contributed by atoms with Gasteiger partial charge >= 0.3 is 0 Å². The molecule has 0 spiro atoms. The van der Waals surface area contributed by atoms with Crippen LogP contribution in [0.1, 0.15) is 21.5 Å². The van der Waals surface area contributed by atoms with Gasteiger partial charge in [0.1, 0.15) is 5.70 Å². The standard InChI is InChI=1S/C31H25Cl2N3O3S/c1-20-13-15-23(16-14-20)34-28(37)19-40-25-11-6-10-24(18-25)35-31(39)27(17-22-9-5-12-26(32)29(22)33)36-30(38)21-7-3-2-4-8-21/h2-18H,19H2,1H3,(H,34,37)(H,35,39)(H,36,38)/b27-17+. The molecule has 0 aliphatic carbocycles. The Hall–Kier alpha value is -4.04. The molecule has 3 amide bonds. The fourth-order valence-corrected chi connectivity index (χ4v) is 4.69. The van der Waals surface area contributed by atoms with Crippen LogP contribution in [0, 0.1) is 6.92 Å². The van der Waals surface area contributed by atoms with Gasteiger partial charge in [0, 0.05) is 21.8 Å². The molecule has 0 bridgehead atoms. The summed E-state index contributed by atoms with van der Waals surface area (Å²) in [5.41, 5.74) is 3.17. The summed E-state index contributed by atoms with van der Waals surface area (Å²) in [4.78, 5) is 39.4. The largest absolute Gasteiger partial charge is 0.325 e. The van der Waals surface area contributed by atoms with Crippen LogP contribution in [0.3, 0.4) is 0 Å². The highest BCUT2D eigenvalue weighted by Crippen LogP contribution is 2.27. The quantitative estimate of drug-likeness (QED) is 0.140. The zero-order chi connectivity index (χ0) is 28.5. The number of benzene rings is 4. The van der Waals surface area contributed by atoms with E-state index in [0.717, 1.165) is 16.1 Å². The summed E-state index contributed by atoms with van der Waals surface area (Å²) < 4.78 is 0. The predicted molar refractivity (Wildman–Crippen MR) is 164 cm³/mol. The molecule has 0 saturated heterocycles. The Morgan fingerprint density at radius 1 is 0.800 bits per heavy atom. The van der Waals surface area contributed by atoms with Crippen molar-refractivity contribution in [2.75, 3.05) is 16.4 Å². The second-order valence-corrected chi connectivity index (χ2v) is 10.5. The fourth-order valence-electron chi connectivity index (χ4n) is 3.57. The van der Waals surface area contributed by atoms with Crippen molar-refractivity contribution in [1.82, 2.24) is 5.32 Å². The van der Waals surface area contributed by atoms with Gasteiger partial charge < -0.3 is 16.0 Å². The van der Waals surface area contributed by atoms with E-state index in [2.05, 4.69) is 16.0 Å². The van der Waals surface area contributed by atoms with E-state index in [1.165, 1.54) is 17.8 Å². The number of hydrogen-bond donors (Lipinski definition) is 3. The fraction of sp³-hybridized carbons (Fsp3) is 0.0645. The van der Waals surface area contributed by atoms with E-state index in [-0.39, 0.29) is 22.4 Å². The lowest BCUT2D eigenvalue weighted by molar-refractivity contribution is -0.114. The van der Waals surface area contributed by atoms with E-state index in [9.17, 15) is 14.4 Å². The number of carbonyl (C=O) groups excluding carboxylic acids is 3. The number of hydrogen-bond acceptors (Lipinski definition) is 4. The van der Waals surface area contributed by atoms with Crippen molar-refractivity contribution in [2.24, 2.45) is 0 Å². The first-order valence-corrected chi connectivity index (χ1v) is 14.0. The van der Waals surface area contributed by atoms with Crippen LogP contribution >= 0.6 is 35.0 Å². The van der Waals surface area contributed by atoms with Gasteiger partial charge in [-0.05, 0) is 67.1 Å². The third kappa shape index (κ3) is 8.23. The maximum Gasteiger partial charge on any atom is 0.272 e. The molecule has 4 aromatic rings. The number of carbonyl (C=O) groups is 3. The molecule has 0 radical (unpaired) electrons. The maximum atomic E-state index is 13.3. The minimum atomic E-state index is -0.556. The molecule has 0 fully saturated rings. The van der Waals surface area contributed by atoms with Gasteiger partial charge in [-0.2, -0.15) is 0 Å². The molecule has 6 nitrogen and oxygen atoms in total. The molecular weight excluding hydrogens is 565 g/mol. The van der Waals surface area contributed by atoms with E-state index in [1.54, 1.807) is 66.7 Å². The predicted octanol–water partition coefficient (Wildman–Crippen LogP) is 7.44. The van der Waals surface area contributed by atoms with E-state index < -0.39 is 11.8 Å². The van der Waals surface area contributed by atoms with Crippen molar-refractivity contribution < 1.29 is 14.4 Å². The van der Waals surface area contributed by atoms with Gasteiger partial charge in [-0.3, -0.25) is 14.4 Å².